The van der Waals surface area contributed by atoms with Gasteiger partial charge in [0, 0.05) is 16.5 Å². The van der Waals surface area contributed by atoms with Crippen LogP contribution in [0.5, 0.6) is 11.5 Å². The van der Waals surface area contributed by atoms with Gasteiger partial charge in [0.2, 0.25) is 0 Å². The molecule has 1 heterocycles. The Morgan fingerprint density at radius 3 is 2.34 bits per heavy atom. The summed E-state index contributed by atoms with van der Waals surface area (Å²) in [5, 5.41) is 10.2. The molecule has 0 spiro atoms. The van der Waals surface area contributed by atoms with E-state index in [4.69, 9.17) is 21.1 Å². The number of halogens is 2. The fourth-order valence-electron chi connectivity index (χ4n) is 3.05. The van der Waals surface area contributed by atoms with Crippen molar-refractivity contribution in [3.05, 3.63) is 95.5 Å². The Hall–Kier alpha value is -3.03. The number of thioether (sulfide) groups is 1. The molecule has 0 fully saturated rings. The summed E-state index contributed by atoms with van der Waals surface area (Å²) in [5.41, 5.74) is 0.933. The minimum Gasteiger partial charge on any atom is -0.493 e. The number of para-hydroxylation sites is 1. The largest absolute Gasteiger partial charge is 0.493 e. The van der Waals surface area contributed by atoms with Crippen LogP contribution in [0.3, 0.4) is 0 Å². The van der Waals surface area contributed by atoms with E-state index in [9.17, 15) is 4.39 Å². The lowest BCUT2D eigenvalue weighted by Gasteiger charge is -2.16. The Bertz CT molecular complexity index is 1140. The molecule has 0 aliphatic heterocycles. The molecule has 164 valence electrons. The van der Waals surface area contributed by atoms with E-state index >= 15 is 0 Å². The number of benzene rings is 3. The van der Waals surface area contributed by atoms with Crippen molar-refractivity contribution < 1.29 is 13.9 Å². The van der Waals surface area contributed by atoms with E-state index in [1.54, 1.807) is 36.0 Å². The maximum Gasteiger partial charge on any atom is 0.196 e. The van der Waals surface area contributed by atoms with Crippen molar-refractivity contribution in [1.82, 2.24) is 14.8 Å². The van der Waals surface area contributed by atoms with Crippen molar-refractivity contribution in [1.29, 1.82) is 0 Å². The third-order valence-electron chi connectivity index (χ3n) is 4.56. The fraction of sp³-hybridized carbons (Fsp3) is 0.167. The van der Waals surface area contributed by atoms with Crippen molar-refractivity contribution >= 4 is 23.4 Å². The van der Waals surface area contributed by atoms with Gasteiger partial charge in [0.1, 0.15) is 17.3 Å². The van der Waals surface area contributed by atoms with Gasteiger partial charge < -0.3 is 9.47 Å². The number of ether oxygens (including phenoxy) is 2. The van der Waals surface area contributed by atoms with Gasteiger partial charge in [-0.3, -0.25) is 4.57 Å². The average Bonchev–Trinajstić information content (AvgIpc) is 3.24. The molecule has 0 N–H and O–H groups in total. The second-order valence-electron chi connectivity index (χ2n) is 6.88. The van der Waals surface area contributed by atoms with Crippen LogP contribution in [0.15, 0.2) is 84.0 Å². The van der Waals surface area contributed by atoms with E-state index in [0.29, 0.717) is 29.0 Å². The first-order valence-corrected chi connectivity index (χ1v) is 11.4. The van der Waals surface area contributed by atoms with E-state index in [2.05, 4.69) is 10.2 Å². The van der Waals surface area contributed by atoms with Crippen LogP contribution in [0.2, 0.25) is 5.02 Å². The fourth-order valence-corrected chi connectivity index (χ4v) is 3.95. The molecular weight excluding hydrogens is 449 g/mol. The highest BCUT2D eigenvalue weighted by atomic mass is 35.5. The number of aromatic nitrogens is 3. The molecular formula is C24H21ClFN3O2S. The Morgan fingerprint density at radius 1 is 0.938 bits per heavy atom. The van der Waals surface area contributed by atoms with Gasteiger partial charge in [-0.05, 0) is 67.6 Å². The molecule has 32 heavy (non-hydrogen) atoms. The van der Waals surface area contributed by atoms with Crippen LogP contribution in [-0.4, -0.2) is 27.1 Å². The van der Waals surface area contributed by atoms with E-state index in [0.717, 1.165) is 16.6 Å². The third kappa shape index (κ3) is 5.60. The van der Waals surface area contributed by atoms with Gasteiger partial charge in [0.25, 0.3) is 0 Å². The summed E-state index contributed by atoms with van der Waals surface area (Å²) in [6.45, 7) is 2.40. The quantitative estimate of drug-likeness (QED) is 0.210. The molecule has 1 aromatic heterocycles. The topological polar surface area (TPSA) is 49.2 Å². The maximum absolute atomic E-state index is 13.2. The van der Waals surface area contributed by atoms with Gasteiger partial charge in [-0.2, -0.15) is 0 Å². The Balaban J connectivity index is 1.48. The molecule has 1 atom stereocenters. The zero-order chi connectivity index (χ0) is 22.3. The summed E-state index contributed by atoms with van der Waals surface area (Å²) >= 11 is 7.45. The van der Waals surface area contributed by atoms with Crippen molar-refractivity contribution in [2.45, 2.75) is 18.2 Å². The molecule has 0 amide bonds. The highest BCUT2D eigenvalue weighted by Gasteiger charge is 2.21. The van der Waals surface area contributed by atoms with Gasteiger partial charge in [-0.25, -0.2) is 4.39 Å². The molecule has 4 rings (SSSR count). The number of rotatable bonds is 9. The lowest BCUT2D eigenvalue weighted by molar-refractivity contribution is 0.213. The third-order valence-corrected chi connectivity index (χ3v) is 5.70. The summed E-state index contributed by atoms with van der Waals surface area (Å²) in [5.74, 6) is 2.35. The van der Waals surface area contributed by atoms with Gasteiger partial charge >= 0.3 is 0 Å². The molecule has 4 aromatic rings. The van der Waals surface area contributed by atoms with Crippen LogP contribution in [-0.2, 0) is 0 Å². The molecule has 5 nitrogen and oxygen atoms in total. The number of nitrogens with zero attached hydrogens (tertiary/aromatic N) is 3. The van der Waals surface area contributed by atoms with Crippen molar-refractivity contribution in [3.8, 4) is 17.2 Å². The zero-order valence-electron chi connectivity index (χ0n) is 17.3. The minimum atomic E-state index is -0.396. The predicted octanol–water partition coefficient (Wildman–Crippen LogP) is 6.37. The molecule has 0 radical (unpaired) electrons. The van der Waals surface area contributed by atoms with Gasteiger partial charge in [0.05, 0.1) is 6.61 Å². The van der Waals surface area contributed by atoms with E-state index in [1.807, 2.05) is 54.0 Å². The number of hydrogen-bond acceptors (Lipinski definition) is 5. The molecule has 0 aliphatic rings. The summed E-state index contributed by atoms with van der Waals surface area (Å²) in [7, 11) is 0. The van der Waals surface area contributed by atoms with E-state index in [-0.39, 0.29) is 5.82 Å². The van der Waals surface area contributed by atoms with E-state index < -0.39 is 6.10 Å². The zero-order valence-corrected chi connectivity index (χ0v) is 18.9. The van der Waals surface area contributed by atoms with Gasteiger partial charge in [-0.1, -0.05) is 41.6 Å². The highest BCUT2D eigenvalue weighted by molar-refractivity contribution is 7.99. The second kappa shape index (κ2) is 10.5. The van der Waals surface area contributed by atoms with Crippen molar-refractivity contribution in [2.24, 2.45) is 0 Å². The van der Waals surface area contributed by atoms with Gasteiger partial charge in [0.15, 0.2) is 17.1 Å². The standard InChI is InChI=1S/C24H21ClFN3O2S/c1-17(31-22-13-9-19(26)10-14-22)23-27-28-24(29(23)20-5-3-2-4-6-20)32-16-15-30-21-11-7-18(25)8-12-21/h2-14,17H,15-16H2,1H3. The first-order chi connectivity index (χ1) is 15.6. The molecule has 0 saturated carbocycles. The summed E-state index contributed by atoms with van der Waals surface area (Å²) in [6, 6.07) is 23.1. The molecule has 3 aromatic carbocycles. The smallest absolute Gasteiger partial charge is 0.196 e. The average molecular weight is 470 g/mol. The lowest BCUT2D eigenvalue weighted by atomic mass is 10.3. The van der Waals surface area contributed by atoms with Crippen LogP contribution in [0.25, 0.3) is 5.69 Å². The summed E-state index contributed by atoms with van der Waals surface area (Å²) in [4.78, 5) is 0. The monoisotopic (exact) mass is 469 g/mol. The van der Waals surface area contributed by atoms with Crippen LogP contribution in [0.1, 0.15) is 18.9 Å². The Labute approximate surface area is 195 Å². The second-order valence-corrected chi connectivity index (χ2v) is 8.38. The van der Waals surface area contributed by atoms with Gasteiger partial charge in [-0.15, -0.1) is 10.2 Å². The molecule has 0 bridgehead atoms. The normalized spacial score (nSPS) is 11.8. The van der Waals surface area contributed by atoms with Crippen LogP contribution < -0.4 is 9.47 Å². The minimum absolute atomic E-state index is 0.308. The Morgan fingerprint density at radius 2 is 1.62 bits per heavy atom. The van der Waals surface area contributed by atoms with E-state index in [1.165, 1.54) is 12.1 Å². The van der Waals surface area contributed by atoms with Crippen molar-refractivity contribution in [3.63, 3.8) is 0 Å². The maximum atomic E-state index is 13.2. The number of hydrogen-bond donors (Lipinski definition) is 0. The summed E-state index contributed by atoms with van der Waals surface area (Å²) in [6.07, 6.45) is -0.396. The first-order valence-electron chi connectivity index (χ1n) is 10.0. The van der Waals surface area contributed by atoms with Crippen LogP contribution >= 0.6 is 23.4 Å². The Kier molecular flexibility index (Phi) is 7.29. The molecule has 8 heteroatoms. The van der Waals surface area contributed by atoms with Crippen LogP contribution in [0, 0.1) is 5.82 Å². The van der Waals surface area contributed by atoms with Crippen molar-refractivity contribution in [2.75, 3.05) is 12.4 Å². The summed E-state index contributed by atoms with van der Waals surface area (Å²) < 4.78 is 27.0. The van der Waals surface area contributed by atoms with Crippen LogP contribution in [0.4, 0.5) is 4.39 Å². The first kappa shape index (κ1) is 22.2. The molecule has 0 aliphatic carbocycles. The highest BCUT2D eigenvalue weighted by Crippen LogP contribution is 2.28. The molecule has 0 saturated heterocycles. The molecule has 1 unspecified atom stereocenters. The lowest BCUT2D eigenvalue weighted by Crippen LogP contribution is -2.11. The SMILES string of the molecule is CC(Oc1ccc(F)cc1)c1nnc(SCCOc2ccc(Cl)cc2)n1-c1ccccc1. The predicted molar refractivity (Wildman–Crippen MR) is 124 cm³/mol.